The van der Waals surface area contributed by atoms with E-state index in [1.807, 2.05) is 12.0 Å². The number of anilines is 1. The van der Waals surface area contributed by atoms with Crippen LogP contribution in [-0.4, -0.2) is 40.3 Å². The van der Waals surface area contributed by atoms with Gasteiger partial charge in [0.1, 0.15) is 0 Å². The second-order valence-electron chi connectivity index (χ2n) is 8.08. The average Bonchev–Trinajstić information content (AvgIpc) is 3.44. The molecule has 2 aromatic heterocycles. The average molecular weight is 508 g/mol. The molecule has 12 heteroatoms. The standard InChI is InChI=1S/C24H21N5O6S/c1-4-21(30)25-10-17-11-26-29(13-17)12-16-7-15(3)22-19(8-16)35-27-23(22)28-36(33,34)20-9-18(24(31)32)6-5-14(20)2/h1,5-9,11,13H,10,12H2,2-3H3,(H,25,30)(H,27,28)(H,31,32). The lowest BCUT2D eigenvalue weighted by atomic mass is 10.1. The number of fused-ring (bicyclic) bond motifs is 1. The lowest BCUT2D eigenvalue weighted by Crippen LogP contribution is -2.20. The molecule has 0 radical (unpaired) electrons. The summed E-state index contributed by atoms with van der Waals surface area (Å²) in [7, 11) is -4.14. The van der Waals surface area contributed by atoms with Crippen LogP contribution in [0.3, 0.4) is 0 Å². The van der Waals surface area contributed by atoms with Gasteiger partial charge in [0.25, 0.3) is 15.9 Å². The zero-order chi connectivity index (χ0) is 26.0. The lowest BCUT2D eigenvalue weighted by molar-refractivity contribution is -0.115. The van der Waals surface area contributed by atoms with Crippen LogP contribution in [-0.2, 0) is 27.9 Å². The summed E-state index contributed by atoms with van der Waals surface area (Å²) < 4.78 is 35.6. The summed E-state index contributed by atoms with van der Waals surface area (Å²) in [5, 5.41) is 20.4. The van der Waals surface area contributed by atoms with E-state index in [2.05, 4.69) is 20.3 Å². The summed E-state index contributed by atoms with van der Waals surface area (Å²) in [6.45, 7) is 4.01. The molecule has 3 N–H and O–H groups in total. The second-order valence-corrected chi connectivity index (χ2v) is 9.73. The number of aromatic carboxylic acids is 1. The largest absolute Gasteiger partial charge is 0.478 e. The molecule has 0 atom stereocenters. The molecule has 0 aliphatic rings. The van der Waals surface area contributed by atoms with E-state index in [1.165, 1.54) is 12.1 Å². The van der Waals surface area contributed by atoms with Gasteiger partial charge in [-0.05, 0) is 54.7 Å². The number of hydrogen-bond donors (Lipinski definition) is 3. The zero-order valence-electron chi connectivity index (χ0n) is 19.3. The third-order valence-electron chi connectivity index (χ3n) is 5.40. The zero-order valence-corrected chi connectivity index (χ0v) is 20.1. The maximum absolute atomic E-state index is 13.0. The van der Waals surface area contributed by atoms with Crippen LogP contribution in [0.15, 0.2) is 52.1 Å². The van der Waals surface area contributed by atoms with Crippen LogP contribution in [0.1, 0.15) is 32.6 Å². The van der Waals surface area contributed by atoms with Gasteiger partial charge >= 0.3 is 5.97 Å². The van der Waals surface area contributed by atoms with Gasteiger partial charge in [-0.2, -0.15) is 5.10 Å². The van der Waals surface area contributed by atoms with Gasteiger partial charge in [-0.1, -0.05) is 17.3 Å². The number of carboxylic acid groups (broad SMARTS) is 1. The van der Waals surface area contributed by atoms with Crippen molar-refractivity contribution in [2.24, 2.45) is 0 Å². The van der Waals surface area contributed by atoms with Crippen LogP contribution >= 0.6 is 0 Å². The van der Waals surface area contributed by atoms with Gasteiger partial charge < -0.3 is 14.9 Å². The van der Waals surface area contributed by atoms with Crippen LogP contribution in [0.4, 0.5) is 5.82 Å². The number of carbonyl (C=O) groups excluding carboxylic acids is 1. The van der Waals surface area contributed by atoms with Gasteiger partial charge in [-0.15, -0.1) is 6.42 Å². The Morgan fingerprint density at radius 1 is 1.17 bits per heavy atom. The Labute approximate surface area is 206 Å². The maximum atomic E-state index is 13.0. The molecule has 11 nitrogen and oxygen atoms in total. The van der Waals surface area contributed by atoms with Crippen molar-refractivity contribution in [3.05, 3.63) is 70.5 Å². The highest BCUT2D eigenvalue weighted by Gasteiger charge is 2.23. The van der Waals surface area contributed by atoms with Gasteiger partial charge in [0.2, 0.25) is 0 Å². The van der Waals surface area contributed by atoms with Gasteiger partial charge in [0.15, 0.2) is 11.4 Å². The second kappa shape index (κ2) is 9.55. The first-order valence-corrected chi connectivity index (χ1v) is 12.1. The Hall–Kier alpha value is -4.63. The third-order valence-corrected chi connectivity index (χ3v) is 6.88. The van der Waals surface area contributed by atoms with Crippen molar-refractivity contribution >= 4 is 38.7 Å². The molecule has 2 aromatic carbocycles. The van der Waals surface area contributed by atoms with Crippen molar-refractivity contribution in [3.8, 4) is 12.3 Å². The highest BCUT2D eigenvalue weighted by molar-refractivity contribution is 7.92. The summed E-state index contributed by atoms with van der Waals surface area (Å²) in [6.07, 6.45) is 8.42. The molecule has 36 heavy (non-hydrogen) atoms. The molecule has 4 rings (SSSR count). The van der Waals surface area contributed by atoms with Gasteiger partial charge in [0, 0.05) is 18.3 Å². The fourth-order valence-electron chi connectivity index (χ4n) is 3.71. The monoisotopic (exact) mass is 507 g/mol. The Bertz CT molecular complexity index is 1650. The number of amides is 1. The number of benzene rings is 2. The van der Waals surface area contributed by atoms with Crippen molar-refractivity contribution in [2.45, 2.75) is 31.8 Å². The smallest absolute Gasteiger partial charge is 0.335 e. The van der Waals surface area contributed by atoms with Crippen molar-refractivity contribution in [1.82, 2.24) is 20.3 Å². The topological polar surface area (TPSA) is 156 Å². The molecule has 0 aliphatic carbocycles. The van der Waals surface area contributed by atoms with Crippen LogP contribution in [0, 0.1) is 26.2 Å². The fourth-order valence-corrected chi connectivity index (χ4v) is 4.99. The summed E-state index contributed by atoms with van der Waals surface area (Å²) in [5.41, 5.74) is 2.93. The molecular formula is C24H21N5O6S. The Kier molecular flexibility index (Phi) is 6.50. The summed E-state index contributed by atoms with van der Waals surface area (Å²) in [5.74, 6) is 0.238. The number of hydrogen-bond acceptors (Lipinski definition) is 7. The van der Waals surface area contributed by atoms with E-state index in [0.29, 0.717) is 28.6 Å². The molecule has 0 aliphatic heterocycles. The first-order chi connectivity index (χ1) is 17.1. The summed E-state index contributed by atoms with van der Waals surface area (Å²) in [4.78, 5) is 22.3. The number of aromatic nitrogens is 3. The van der Waals surface area contributed by atoms with E-state index in [4.69, 9.17) is 10.9 Å². The molecule has 1 amide bonds. The van der Waals surface area contributed by atoms with Crippen molar-refractivity contribution in [2.75, 3.05) is 4.72 Å². The Balaban J connectivity index is 1.57. The minimum Gasteiger partial charge on any atom is -0.478 e. The van der Waals surface area contributed by atoms with Crippen LogP contribution in [0.25, 0.3) is 11.0 Å². The minimum absolute atomic E-state index is 0.000178. The maximum Gasteiger partial charge on any atom is 0.335 e. The van der Waals surface area contributed by atoms with Crippen molar-refractivity contribution < 1.29 is 27.6 Å². The van der Waals surface area contributed by atoms with E-state index in [-0.39, 0.29) is 22.8 Å². The fraction of sp³-hybridized carbons (Fsp3) is 0.167. The van der Waals surface area contributed by atoms with Crippen LogP contribution < -0.4 is 10.0 Å². The molecule has 0 unspecified atom stereocenters. The molecular weight excluding hydrogens is 486 g/mol. The van der Waals surface area contributed by atoms with Crippen molar-refractivity contribution in [3.63, 3.8) is 0 Å². The number of carboxylic acids is 1. The quantitative estimate of drug-likeness (QED) is 0.307. The number of carbonyl (C=O) groups is 2. The molecule has 0 saturated carbocycles. The number of terminal acetylenes is 1. The third kappa shape index (κ3) is 5.06. The van der Waals surface area contributed by atoms with Crippen LogP contribution in [0.2, 0.25) is 0 Å². The van der Waals surface area contributed by atoms with E-state index >= 15 is 0 Å². The predicted octanol–water partition coefficient (Wildman–Crippen LogP) is 2.44. The highest BCUT2D eigenvalue weighted by Crippen LogP contribution is 2.30. The predicted molar refractivity (Wildman–Crippen MR) is 130 cm³/mol. The van der Waals surface area contributed by atoms with Gasteiger partial charge in [-0.3, -0.25) is 14.2 Å². The molecule has 0 bridgehead atoms. The van der Waals surface area contributed by atoms with Crippen LogP contribution in [0.5, 0.6) is 0 Å². The number of aryl methyl sites for hydroxylation is 2. The molecule has 2 heterocycles. The Morgan fingerprint density at radius 2 is 1.94 bits per heavy atom. The van der Waals surface area contributed by atoms with E-state index in [0.717, 1.165) is 17.2 Å². The molecule has 4 aromatic rings. The molecule has 0 spiro atoms. The number of rotatable bonds is 8. The normalized spacial score (nSPS) is 11.2. The molecule has 0 fully saturated rings. The first kappa shape index (κ1) is 24.5. The molecule has 0 saturated heterocycles. The molecule has 184 valence electrons. The van der Waals surface area contributed by atoms with E-state index in [1.54, 1.807) is 37.0 Å². The summed E-state index contributed by atoms with van der Waals surface area (Å²) >= 11 is 0. The van der Waals surface area contributed by atoms with Gasteiger partial charge in [-0.25, -0.2) is 13.2 Å². The van der Waals surface area contributed by atoms with Crippen molar-refractivity contribution in [1.29, 1.82) is 0 Å². The van der Waals surface area contributed by atoms with E-state index in [9.17, 15) is 23.1 Å². The highest BCUT2D eigenvalue weighted by atomic mass is 32.2. The lowest BCUT2D eigenvalue weighted by Gasteiger charge is -2.10. The van der Waals surface area contributed by atoms with Gasteiger partial charge in [0.05, 0.1) is 28.6 Å². The van der Waals surface area contributed by atoms with E-state index < -0.39 is 21.9 Å². The Morgan fingerprint density at radius 3 is 2.67 bits per heavy atom. The number of nitrogens with zero attached hydrogens (tertiary/aromatic N) is 3. The number of sulfonamides is 1. The number of nitrogens with one attached hydrogen (secondary N) is 2. The minimum atomic E-state index is -4.14. The SMILES string of the molecule is C#CC(=O)NCc1cnn(Cc2cc(C)c3c(NS(=O)(=O)c4cc(C(=O)O)ccc4C)noc3c2)c1. The summed E-state index contributed by atoms with van der Waals surface area (Å²) in [6, 6.07) is 7.45. The first-order valence-electron chi connectivity index (χ1n) is 10.6.